The van der Waals surface area contributed by atoms with Crippen LogP contribution in [0.4, 0.5) is 5.69 Å². The second-order valence-corrected chi connectivity index (χ2v) is 8.42. The van der Waals surface area contributed by atoms with Crippen molar-refractivity contribution in [1.29, 1.82) is 0 Å². The van der Waals surface area contributed by atoms with Crippen molar-refractivity contribution in [2.75, 3.05) is 24.4 Å². The summed E-state index contributed by atoms with van der Waals surface area (Å²) in [4.78, 5) is 40.1. The fourth-order valence-corrected chi connectivity index (χ4v) is 5.57. The Morgan fingerprint density at radius 3 is 2.29 bits per heavy atom. The summed E-state index contributed by atoms with van der Waals surface area (Å²) in [6.07, 6.45) is 0. The molecule has 1 amide bonds. The lowest BCUT2D eigenvalue weighted by Crippen LogP contribution is -2.33. The molecule has 0 radical (unpaired) electrons. The molecule has 0 aliphatic carbocycles. The van der Waals surface area contributed by atoms with E-state index in [1.807, 2.05) is 17.0 Å². The van der Waals surface area contributed by atoms with Crippen LogP contribution in [0.25, 0.3) is 0 Å². The smallest absolute Gasteiger partial charge is 0.338 e. The molecule has 0 spiro atoms. The number of nitrogens with zero attached hydrogens (tertiary/aromatic N) is 2. The van der Waals surface area contributed by atoms with E-state index >= 15 is 0 Å². The topological polar surface area (TPSA) is 76.1 Å². The largest absolute Gasteiger partial charge is 0.465 e. The molecule has 0 N–H and O–H groups in total. The van der Waals surface area contributed by atoms with E-state index in [1.165, 1.54) is 12.0 Å². The minimum atomic E-state index is -0.406. The monoisotopic (exact) mass is 456 g/mol. The van der Waals surface area contributed by atoms with Crippen molar-refractivity contribution in [2.45, 2.75) is 18.3 Å². The number of fused-ring (bicyclic) bond motifs is 1. The lowest BCUT2D eigenvalue weighted by Gasteiger charge is -2.25. The number of rotatable bonds is 5. The van der Waals surface area contributed by atoms with Gasteiger partial charge in [-0.2, -0.15) is 0 Å². The molecule has 9 heteroatoms. The van der Waals surface area contributed by atoms with Gasteiger partial charge in [-0.05, 0) is 61.1 Å². The van der Waals surface area contributed by atoms with Crippen LogP contribution in [0.5, 0.6) is 0 Å². The van der Waals surface area contributed by atoms with Gasteiger partial charge in [-0.1, -0.05) is 12.1 Å². The summed E-state index contributed by atoms with van der Waals surface area (Å²) in [5.41, 5.74) is 2.45. The van der Waals surface area contributed by atoms with Crippen LogP contribution in [0.3, 0.4) is 0 Å². The molecule has 2 fully saturated rings. The number of ether oxygens (including phenoxy) is 2. The highest BCUT2D eigenvalue weighted by atomic mass is 32.2. The number of carbonyl (C=O) groups is 3. The fourth-order valence-electron chi connectivity index (χ4n) is 3.65. The van der Waals surface area contributed by atoms with E-state index in [0.717, 1.165) is 5.56 Å². The van der Waals surface area contributed by atoms with Crippen LogP contribution < -0.4 is 4.90 Å². The first-order chi connectivity index (χ1) is 15.0. The summed E-state index contributed by atoms with van der Waals surface area (Å²) in [6.45, 7) is 2.05. The highest BCUT2D eigenvalue weighted by molar-refractivity contribution is 7.99. The molecule has 0 unspecified atom stereocenters. The number of thiocarbonyl (C=S) groups is 1. The molecule has 2 atom stereocenters. The number of hydrogen-bond donors (Lipinski definition) is 0. The van der Waals surface area contributed by atoms with Crippen molar-refractivity contribution < 1.29 is 23.9 Å². The van der Waals surface area contributed by atoms with E-state index in [0.29, 0.717) is 34.3 Å². The average Bonchev–Trinajstić information content (AvgIpc) is 3.33. The maximum absolute atomic E-state index is 13.1. The molecule has 0 aromatic heterocycles. The molecular weight excluding hydrogens is 436 g/mol. The van der Waals surface area contributed by atoms with Crippen LogP contribution in [0.15, 0.2) is 48.5 Å². The van der Waals surface area contributed by atoms with E-state index in [2.05, 4.69) is 0 Å². The lowest BCUT2D eigenvalue weighted by atomic mass is 10.1. The number of esters is 2. The summed E-state index contributed by atoms with van der Waals surface area (Å²) in [6, 6.07) is 13.4. The minimum absolute atomic E-state index is 0.0879. The third-order valence-corrected chi connectivity index (χ3v) is 6.89. The van der Waals surface area contributed by atoms with Crippen LogP contribution in [0, 0.1) is 0 Å². The Labute approximate surface area is 189 Å². The summed E-state index contributed by atoms with van der Waals surface area (Å²) >= 11 is 7.32. The summed E-state index contributed by atoms with van der Waals surface area (Å²) < 4.78 is 9.75. The second kappa shape index (κ2) is 8.68. The Morgan fingerprint density at radius 1 is 1.06 bits per heavy atom. The molecule has 160 valence electrons. The number of hydrogen-bond acceptors (Lipinski definition) is 7. The van der Waals surface area contributed by atoms with Crippen molar-refractivity contribution in [1.82, 2.24) is 4.90 Å². The number of thioether (sulfide) groups is 1. The minimum Gasteiger partial charge on any atom is -0.465 e. The fraction of sp³-hybridized carbons (Fsp3) is 0.273. The van der Waals surface area contributed by atoms with E-state index < -0.39 is 11.9 Å². The first kappa shape index (κ1) is 21.3. The van der Waals surface area contributed by atoms with Gasteiger partial charge in [-0.25, -0.2) is 9.59 Å². The van der Waals surface area contributed by atoms with Crippen LogP contribution in [-0.2, 0) is 14.3 Å². The van der Waals surface area contributed by atoms with Gasteiger partial charge < -0.3 is 14.4 Å². The van der Waals surface area contributed by atoms with Gasteiger partial charge in [0.25, 0.3) is 5.91 Å². The molecule has 7 nitrogen and oxygen atoms in total. The number of methoxy groups -OCH3 is 1. The zero-order valence-electron chi connectivity index (χ0n) is 16.9. The number of anilines is 1. The van der Waals surface area contributed by atoms with E-state index in [1.54, 1.807) is 55.1 Å². The molecule has 0 saturated carbocycles. The van der Waals surface area contributed by atoms with Crippen LogP contribution in [0.1, 0.15) is 38.6 Å². The van der Waals surface area contributed by atoms with Gasteiger partial charge in [0.2, 0.25) is 0 Å². The Bertz CT molecular complexity index is 1040. The molecule has 2 aliphatic heterocycles. The molecule has 31 heavy (non-hydrogen) atoms. The van der Waals surface area contributed by atoms with Gasteiger partial charge in [0, 0.05) is 5.75 Å². The zero-order valence-corrected chi connectivity index (χ0v) is 18.6. The van der Waals surface area contributed by atoms with Crippen LogP contribution in [-0.4, -0.2) is 53.4 Å². The third kappa shape index (κ3) is 3.79. The van der Waals surface area contributed by atoms with Gasteiger partial charge in [0.15, 0.2) is 5.11 Å². The zero-order chi connectivity index (χ0) is 22.1. The molecule has 0 bridgehead atoms. The molecule has 2 heterocycles. The van der Waals surface area contributed by atoms with Crippen LogP contribution in [0.2, 0.25) is 0 Å². The van der Waals surface area contributed by atoms with Crippen molar-refractivity contribution in [3.05, 3.63) is 65.2 Å². The van der Waals surface area contributed by atoms with Crippen molar-refractivity contribution in [3.63, 3.8) is 0 Å². The molecule has 2 aromatic carbocycles. The normalized spacial score (nSPS) is 20.1. The SMILES string of the molecule is CCOC(=O)c1ccc(N2C(=O)[C@@H]3CS[C@@H](c4ccc(C(=O)OC)cc4)N3C2=S)cc1. The Morgan fingerprint density at radius 2 is 1.68 bits per heavy atom. The summed E-state index contributed by atoms with van der Waals surface area (Å²) in [5.74, 6) is -0.278. The van der Waals surface area contributed by atoms with Crippen molar-refractivity contribution in [3.8, 4) is 0 Å². The molecule has 2 aromatic rings. The molecular formula is C22H20N2O5S2. The number of carbonyl (C=O) groups excluding carboxylic acids is 3. The van der Waals surface area contributed by atoms with E-state index in [-0.39, 0.29) is 17.3 Å². The number of amides is 1. The van der Waals surface area contributed by atoms with Gasteiger partial charge in [-0.15, -0.1) is 11.8 Å². The Hall–Kier alpha value is -2.91. The quantitative estimate of drug-likeness (QED) is 0.501. The first-order valence-corrected chi connectivity index (χ1v) is 11.1. The summed E-state index contributed by atoms with van der Waals surface area (Å²) in [7, 11) is 1.34. The molecule has 4 rings (SSSR count). The van der Waals surface area contributed by atoms with Gasteiger partial charge >= 0.3 is 11.9 Å². The highest BCUT2D eigenvalue weighted by Gasteiger charge is 2.50. The maximum atomic E-state index is 13.1. The first-order valence-electron chi connectivity index (χ1n) is 9.69. The van der Waals surface area contributed by atoms with Gasteiger partial charge in [0.1, 0.15) is 11.4 Å². The third-order valence-electron chi connectivity index (χ3n) is 5.17. The van der Waals surface area contributed by atoms with Gasteiger partial charge in [0.05, 0.1) is 30.5 Å². The lowest BCUT2D eigenvalue weighted by molar-refractivity contribution is -0.119. The van der Waals surface area contributed by atoms with Gasteiger partial charge in [-0.3, -0.25) is 9.69 Å². The maximum Gasteiger partial charge on any atom is 0.338 e. The Balaban J connectivity index is 1.56. The molecule has 2 aliphatic rings. The number of benzene rings is 2. The van der Waals surface area contributed by atoms with Crippen LogP contribution >= 0.6 is 24.0 Å². The second-order valence-electron chi connectivity index (χ2n) is 6.95. The standard InChI is InChI=1S/C22H20N2O5S2/c1-3-29-21(27)15-8-10-16(11-9-15)23-18(25)17-12-31-19(24(17)22(23)30)13-4-6-14(7-5-13)20(26)28-2/h4-11,17,19H,3,12H2,1-2H3/t17-,19-/m0/s1. The van der Waals surface area contributed by atoms with E-state index in [4.69, 9.17) is 21.7 Å². The summed E-state index contributed by atoms with van der Waals surface area (Å²) in [5, 5.41) is 0.294. The predicted molar refractivity (Wildman–Crippen MR) is 121 cm³/mol. The van der Waals surface area contributed by atoms with E-state index in [9.17, 15) is 14.4 Å². The highest BCUT2D eigenvalue weighted by Crippen LogP contribution is 2.46. The average molecular weight is 457 g/mol. The van der Waals surface area contributed by atoms with Crippen molar-refractivity contribution in [2.24, 2.45) is 0 Å². The molecule has 2 saturated heterocycles. The van der Waals surface area contributed by atoms with Crippen molar-refractivity contribution >= 4 is 52.6 Å². The predicted octanol–water partition coefficient (Wildman–Crippen LogP) is 3.40. The Kier molecular flexibility index (Phi) is 5.97.